The van der Waals surface area contributed by atoms with Gasteiger partial charge in [0.1, 0.15) is 0 Å². The number of allylic oxidation sites excluding steroid dienone is 2. The minimum Gasteiger partial charge on any atom is -0.392 e. The number of unbranched alkanes of at least 4 members (excludes halogenated alkanes) is 2. The molecule has 1 saturated carbocycles. The molecule has 0 aromatic carbocycles. The summed E-state index contributed by atoms with van der Waals surface area (Å²) in [5.41, 5.74) is 0.868. The molecule has 2 rings (SSSR count). The van der Waals surface area contributed by atoms with Crippen molar-refractivity contribution in [2.75, 3.05) is 6.54 Å². The van der Waals surface area contributed by atoms with Crippen LogP contribution in [0.15, 0.2) is 23.8 Å². The first-order chi connectivity index (χ1) is 13.9. The number of aliphatic hydroxyl groups is 2. The summed E-state index contributed by atoms with van der Waals surface area (Å²) in [5.74, 6) is 1.37. The van der Waals surface area contributed by atoms with Crippen LogP contribution in [0.4, 0.5) is 0 Å². The van der Waals surface area contributed by atoms with Gasteiger partial charge in [-0.1, -0.05) is 50.5 Å². The van der Waals surface area contributed by atoms with Crippen LogP contribution in [-0.4, -0.2) is 34.4 Å². The lowest BCUT2D eigenvalue weighted by Crippen LogP contribution is -2.23. The fraction of sp³-hybridized carbons (Fsp3) is 0.800. The fourth-order valence-electron chi connectivity index (χ4n) is 4.92. The predicted molar refractivity (Wildman–Crippen MR) is 119 cm³/mol. The van der Waals surface area contributed by atoms with Crippen molar-refractivity contribution in [3.63, 3.8) is 0 Å². The summed E-state index contributed by atoms with van der Waals surface area (Å²) in [7, 11) is 0. The molecule has 0 spiro atoms. The van der Waals surface area contributed by atoms with Gasteiger partial charge in [-0.3, -0.25) is 4.79 Å². The molecule has 2 aliphatic carbocycles. The zero-order valence-corrected chi connectivity index (χ0v) is 18.8. The number of hydrogen-bond acceptors (Lipinski definition) is 3. The highest BCUT2D eigenvalue weighted by molar-refractivity contribution is 5.75. The zero-order valence-electron chi connectivity index (χ0n) is 18.8. The Morgan fingerprint density at radius 1 is 1.28 bits per heavy atom. The number of rotatable bonds is 13. The maximum atomic E-state index is 11.7. The summed E-state index contributed by atoms with van der Waals surface area (Å²) in [6.07, 6.45) is 16.7. The van der Waals surface area contributed by atoms with Crippen LogP contribution < -0.4 is 5.32 Å². The van der Waals surface area contributed by atoms with Crippen molar-refractivity contribution in [1.82, 2.24) is 5.32 Å². The minimum atomic E-state index is -0.641. The van der Waals surface area contributed by atoms with Gasteiger partial charge in [0.2, 0.25) is 5.91 Å². The van der Waals surface area contributed by atoms with Crippen LogP contribution >= 0.6 is 0 Å². The first-order valence-corrected chi connectivity index (χ1v) is 11.9. The molecule has 0 aromatic heterocycles. The normalized spacial score (nSPS) is 28.4. The van der Waals surface area contributed by atoms with Crippen LogP contribution in [0.25, 0.3) is 0 Å². The van der Waals surface area contributed by atoms with Gasteiger partial charge >= 0.3 is 0 Å². The molecule has 0 saturated heterocycles. The van der Waals surface area contributed by atoms with E-state index in [1.165, 1.54) is 5.57 Å². The molecule has 4 heteroatoms. The zero-order chi connectivity index (χ0) is 21.3. The lowest BCUT2D eigenvalue weighted by atomic mass is 9.87. The third-order valence-electron chi connectivity index (χ3n) is 6.66. The third kappa shape index (κ3) is 7.90. The first-order valence-electron chi connectivity index (χ1n) is 11.9. The van der Waals surface area contributed by atoms with Gasteiger partial charge < -0.3 is 15.5 Å². The second-order valence-electron chi connectivity index (χ2n) is 9.53. The Hall–Kier alpha value is -1.13. The van der Waals surface area contributed by atoms with Gasteiger partial charge in [-0.05, 0) is 70.1 Å². The van der Waals surface area contributed by atoms with E-state index in [0.717, 1.165) is 64.3 Å². The molecular weight excluding hydrogens is 362 g/mol. The van der Waals surface area contributed by atoms with Crippen LogP contribution in [0.1, 0.15) is 91.4 Å². The van der Waals surface area contributed by atoms with Crippen LogP contribution in [0.2, 0.25) is 0 Å². The summed E-state index contributed by atoms with van der Waals surface area (Å²) >= 11 is 0. The smallest absolute Gasteiger partial charge is 0.219 e. The van der Waals surface area contributed by atoms with Crippen molar-refractivity contribution in [2.45, 2.75) is 103 Å². The molecule has 29 heavy (non-hydrogen) atoms. The first kappa shape index (κ1) is 24.1. The van der Waals surface area contributed by atoms with Crippen LogP contribution in [0.3, 0.4) is 0 Å². The van der Waals surface area contributed by atoms with Gasteiger partial charge in [0.15, 0.2) is 0 Å². The monoisotopic (exact) mass is 405 g/mol. The van der Waals surface area contributed by atoms with Gasteiger partial charge in [-0.15, -0.1) is 0 Å². The Morgan fingerprint density at radius 3 is 2.79 bits per heavy atom. The van der Waals surface area contributed by atoms with Gasteiger partial charge in [0.25, 0.3) is 0 Å². The summed E-state index contributed by atoms with van der Waals surface area (Å²) in [5, 5.41) is 23.9. The van der Waals surface area contributed by atoms with E-state index in [2.05, 4.69) is 37.4 Å². The molecular formula is C25H43NO3. The van der Waals surface area contributed by atoms with Crippen molar-refractivity contribution < 1.29 is 15.0 Å². The second kappa shape index (κ2) is 11.9. The predicted octanol–water partition coefficient (Wildman–Crippen LogP) is 4.90. The van der Waals surface area contributed by atoms with E-state index in [0.29, 0.717) is 24.7 Å². The average Bonchev–Trinajstić information content (AvgIpc) is 3.19. The van der Waals surface area contributed by atoms with E-state index in [1.54, 1.807) is 0 Å². The molecule has 0 aliphatic heterocycles. The Morgan fingerprint density at radius 2 is 2.07 bits per heavy atom. The molecule has 0 unspecified atom stereocenters. The number of hydrogen-bond donors (Lipinski definition) is 3. The van der Waals surface area contributed by atoms with Crippen LogP contribution in [-0.2, 0) is 4.79 Å². The highest BCUT2D eigenvalue weighted by Crippen LogP contribution is 2.48. The lowest BCUT2D eigenvalue weighted by molar-refractivity contribution is -0.121. The van der Waals surface area contributed by atoms with Gasteiger partial charge in [-0.25, -0.2) is 0 Å². The molecule has 0 heterocycles. The second-order valence-corrected chi connectivity index (χ2v) is 9.53. The minimum absolute atomic E-state index is 0.173. The van der Waals surface area contributed by atoms with Crippen molar-refractivity contribution in [3.05, 3.63) is 23.8 Å². The summed E-state index contributed by atoms with van der Waals surface area (Å²) < 4.78 is 0. The van der Waals surface area contributed by atoms with Crippen molar-refractivity contribution in [1.29, 1.82) is 0 Å². The molecule has 0 aromatic rings. The molecule has 5 atom stereocenters. The topological polar surface area (TPSA) is 69.6 Å². The van der Waals surface area contributed by atoms with Crippen LogP contribution in [0, 0.1) is 17.8 Å². The lowest BCUT2D eigenvalue weighted by Gasteiger charge is -2.22. The average molecular weight is 406 g/mol. The third-order valence-corrected chi connectivity index (χ3v) is 6.66. The summed E-state index contributed by atoms with van der Waals surface area (Å²) in [6.45, 7) is 6.90. The highest BCUT2D eigenvalue weighted by atomic mass is 16.3. The maximum Gasteiger partial charge on any atom is 0.219 e. The Kier molecular flexibility index (Phi) is 9.91. The quantitative estimate of drug-likeness (QED) is 0.301. The van der Waals surface area contributed by atoms with E-state index in [4.69, 9.17) is 0 Å². The largest absolute Gasteiger partial charge is 0.392 e. The van der Waals surface area contributed by atoms with Crippen molar-refractivity contribution in [2.24, 2.45) is 17.8 Å². The van der Waals surface area contributed by atoms with Gasteiger partial charge in [-0.2, -0.15) is 0 Å². The molecule has 3 N–H and O–H groups in total. The number of carbonyl (C=O) groups excluding carboxylic acids is 1. The fourth-order valence-corrected chi connectivity index (χ4v) is 4.92. The highest BCUT2D eigenvalue weighted by Gasteiger charge is 2.43. The van der Waals surface area contributed by atoms with Gasteiger partial charge in [0, 0.05) is 18.9 Å². The standard InChI is InChI=1S/C25H43NO3/c1-4-6-13-25(3,29)14-9-11-21-22-17-19(16-20(22)18-23(21)27)10-7-8-12-24(28)26-15-5-2/h9,11,16,20-23,27,29H,4-8,10,12-15,17-18H2,1-3H3,(H,26,28)/b11-9+/t20-,21+,22-,23+,25-/m0/s1. The Bertz CT molecular complexity index is 566. The SMILES string of the molecule is CCCC[C@](C)(O)C/C=C/[C@@H]1[C@H]2CC(CCCCC(=O)NCCC)=C[C@H]2C[C@H]1O. The molecule has 1 fully saturated rings. The molecule has 0 radical (unpaired) electrons. The molecule has 2 aliphatic rings. The number of nitrogens with one attached hydrogen (secondary N) is 1. The van der Waals surface area contributed by atoms with E-state index in [-0.39, 0.29) is 17.9 Å². The summed E-state index contributed by atoms with van der Waals surface area (Å²) in [4.78, 5) is 11.7. The Balaban J connectivity index is 1.74. The number of amides is 1. The van der Waals surface area contributed by atoms with E-state index >= 15 is 0 Å². The van der Waals surface area contributed by atoms with Gasteiger partial charge in [0.05, 0.1) is 11.7 Å². The van der Waals surface area contributed by atoms with Crippen molar-refractivity contribution >= 4 is 5.91 Å². The van der Waals surface area contributed by atoms with E-state index < -0.39 is 5.60 Å². The number of aliphatic hydroxyl groups excluding tert-OH is 1. The van der Waals surface area contributed by atoms with Crippen LogP contribution in [0.5, 0.6) is 0 Å². The van der Waals surface area contributed by atoms with E-state index in [9.17, 15) is 15.0 Å². The van der Waals surface area contributed by atoms with Crippen molar-refractivity contribution in [3.8, 4) is 0 Å². The molecule has 1 amide bonds. The Labute approximate surface area is 177 Å². The number of fused-ring (bicyclic) bond motifs is 1. The number of carbonyl (C=O) groups is 1. The van der Waals surface area contributed by atoms with E-state index in [1.807, 2.05) is 6.92 Å². The maximum absolute atomic E-state index is 11.7. The summed E-state index contributed by atoms with van der Waals surface area (Å²) in [6, 6.07) is 0. The molecule has 4 nitrogen and oxygen atoms in total. The molecule has 0 bridgehead atoms. The molecule has 166 valence electrons.